The van der Waals surface area contributed by atoms with Crippen LogP contribution >= 0.6 is 0 Å². The van der Waals surface area contributed by atoms with Crippen LogP contribution in [0.25, 0.3) is 0 Å². The summed E-state index contributed by atoms with van der Waals surface area (Å²) in [6.07, 6.45) is 0. The Kier molecular flexibility index (Phi) is 9.25. The van der Waals surface area contributed by atoms with Crippen molar-refractivity contribution in [1.29, 1.82) is 0 Å². The van der Waals surface area contributed by atoms with Crippen molar-refractivity contribution in [2.24, 2.45) is 5.92 Å². The number of amides is 2. The lowest BCUT2D eigenvalue weighted by molar-refractivity contribution is -0.151. The number of esters is 1. The molecular formula is C19H29N3O6S. The summed E-state index contributed by atoms with van der Waals surface area (Å²) >= 11 is 0. The van der Waals surface area contributed by atoms with Gasteiger partial charge in [-0.3, -0.25) is 9.59 Å². The number of carbonyl (C=O) groups excluding carboxylic acids is 3. The average Bonchev–Trinajstić information content (AvgIpc) is 2.70. The molecule has 1 rings (SSSR count). The standard InChI is InChI=1S/C19H29N3O6S/c1-6-22(7-2)29(26,27)15-10-8-9-14(11-15)18(24)21-17(13(3)4)19(25)28-12-16(23)20-5/h8-11,13,17H,6-7,12H2,1-5H3,(H,20,23)(H,21,24)/t17-/m0/s1. The average molecular weight is 428 g/mol. The van der Waals surface area contributed by atoms with E-state index in [-0.39, 0.29) is 16.4 Å². The number of hydrogen-bond donors (Lipinski definition) is 2. The second-order valence-corrected chi connectivity index (χ2v) is 8.53. The minimum atomic E-state index is -3.72. The van der Waals surface area contributed by atoms with Crippen LogP contribution in [0.4, 0.5) is 0 Å². The van der Waals surface area contributed by atoms with Gasteiger partial charge in [0.25, 0.3) is 11.8 Å². The van der Waals surface area contributed by atoms with Gasteiger partial charge in [0.2, 0.25) is 10.0 Å². The molecule has 0 saturated carbocycles. The van der Waals surface area contributed by atoms with Crippen molar-refractivity contribution in [2.75, 3.05) is 26.7 Å². The fourth-order valence-corrected chi connectivity index (χ4v) is 4.04. The van der Waals surface area contributed by atoms with Gasteiger partial charge in [-0.1, -0.05) is 33.8 Å². The molecule has 0 spiro atoms. The predicted molar refractivity (Wildman–Crippen MR) is 108 cm³/mol. The van der Waals surface area contributed by atoms with Gasteiger partial charge in [-0.25, -0.2) is 13.2 Å². The molecule has 2 N–H and O–H groups in total. The molecule has 0 heterocycles. The highest BCUT2D eigenvalue weighted by atomic mass is 32.2. The molecule has 162 valence electrons. The van der Waals surface area contributed by atoms with Gasteiger partial charge >= 0.3 is 5.97 Å². The van der Waals surface area contributed by atoms with E-state index in [9.17, 15) is 22.8 Å². The maximum Gasteiger partial charge on any atom is 0.329 e. The molecule has 10 heteroatoms. The van der Waals surface area contributed by atoms with Gasteiger partial charge in [0.15, 0.2) is 6.61 Å². The van der Waals surface area contributed by atoms with Crippen molar-refractivity contribution in [2.45, 2.75) is 38.6 Å². The molecule has 0 aliphatic rings. The molecule has 0 aliphatic heterocycles. The SMILES string of the molecule is CCN(CC)S(=O)(=O)c1cccc(C(=O)N[C@H](C(=O)OCC(=O)NC)C(C)C)c1. The molecule has 9 nitrogen and oxygen atoms in total. The van der Waals surface area contributed by atoms with Crippen molar-refractivity contribution < 1.29 is 27.5 Å². The van der Waals surface area contributed by atoms with Crippen LogP contribution in [0.15, 0.2) is 29.2 Å². The fraction of sp³-hybridized carbons (Fsp3) is 0.526. The van der Waals surface area contributed by atoms with Crippen molar-refractivity contribution in [3.63, 3.8) is 0 Å². The minimum Gasteiger partial charge on any atom is -0.454 e. The summed E-state index contributed by atoms with van der Waals surface area (Å²) in [6, 6.07) is 4.64. The van der Waals surface area contributed by atoms with E-state index in [1.807, 2.05) is 0 Å². The lowest BCUT2D eigenvalue weighted by Gasteiger charge is -2.21. The van der Waals surface area contributed by atoms with Gasteiger partial charge < -0.3 is 15.4 Å². The Balaban J connectivity index is 3.02. The van der Waals surface area contributed by atoms with E-state index in [1.54, 1.807) is 27.7 Å². The van der Waals surface area contributed by atoms with E-state index in [4.69, 9.17) is 4.74 Å². The number of likely N-dealkylation sites (N-methyl/N-ethyl adjacent to an activating group) is 1. The van der Waals surface area contributed by atoms with E-state index in [1.165, 1.54) is 35.6 Å². The van der Waals surface area contributed by atoms with Gasteiger partial charge in [-0.2, -0.15) is 4.31 Å². The van der Waals surface area contributed by atoms with Crippen LogP contribution in [-0.2, 0) is 24.3 Å². The lowest BCUT2D eigenvalue weighted by atomic mass is 10.0. The van der Waals surface area contributed by atoms with Crippen LogP contribution in [0.2, 0.25) is 0 Å². The number of benzene rings is 1. The zero-order chi connectivity index (χ0) is 22.2. The Morgan fingerprint density at radius 1 is 1.14 bits per heavy atom. The first-order chi connectivity index (χ1) is 13.6. The van der Waals surface area contributed by atoms with E-state index >= 15 is 0 Å². The minimum absolute atomic E-state index is 0.00265. The number of nitrogens with zero attached hydrogens (tertiary/aromatic N) is 1. The summed E-state index contributed by atoms with van der Waals surface area (Å²) in [5, 5.41) is 4.89. The van der Waals surface area contributed by atoms with E-state index in [0.717, 1.165) is 0 Å². The monoisotopic (exact) mass is 427 g/mol. The lowest BCUT2D eigenvalue weighted by Crippen LogP contribution is -2.46. The second-order valence-electron chi connectivity index (χ2n) is 6.59. The Labute approximate surface area is 171 Å². The summed E-state index contributed by atoms with van der Waals surface area (Å²) in [5.74, 6) is -2.14. The first-order valence-electron chi connectivity index (χ1n) is 9.36. The Morgan fingerprint density at radius 2 is 1.76 bits per heavy atom. The summed E-state index contributed by atoms with van der Waals surface area (Å²) in [5.41, 5.74) is 0.1000. The highest BCUT2D eigenvalue weighted by molar-refractivity contribution is 7.89. The summed E-state index contributed by atoms with van der Waals surface area (Å²) < 4.78 is 31.5. The molecule has 0 aromatic heterocycles. The molecule has 0 fully saturated rings. The molecule has 29 heavy (non-hydrogen) atoms. The third-order valence-electron chi connectivity index (χ3n) is 4.27. The summed E-state index contributed by atoms with van der Waals surface area (Å²) in [4.78, 5) is 36.1. The van der Waals surface area contributed by atoms with E-state index in [0.29, 0.717) is 13.1 Å². The molecule has 0 bridgehead atoms. The molecular weight excluding hydrogens is 398 g/mol. The molecule has 0 saturated heterocycles. The maximum atomic E-state index is 12.7. The second kappa shape index (κ2) is 10.9. The molecule has 2 amide bonds. The third kappa shape index (κ3) is 6.53. The smallest absolute Gasteiger partial charge is 0.329 e. The Morgan fingerprint density at radius 3 is 2.28 bits per heavy atom. The normalized spacial score (nSPS) is 12.5. The summed E-state index contributed by atoms with van der Waals surface area (Å²) in [6.45, 7) is 7.06. The van der Waals surface area contributed by atoms with Gasteiger partial charge in [-0.05, 0) is 24.1 Å². The molecule has 0 aliphatic carbocycles. The van der Waals surface area contributed by atoms with Gasteiger partial charge in [0.05, 0.1) is 4.90 Å². The van der Waals surface area contributed by atoms with Crippen LogP contribution in [0.5, 0.6) is 0 Å². The van der Waals surface area contributed by atoms with Gasteiger partial charge in [0, 0.05) is 25.7 Å². The highest BCUT2D eigenvalue weighted by Crippen LogP contribution is 2.17. The van der Waals surface area contributed by atoms with Gasteiger partial charge in [0.1, 0.15) is 6.04 Å². The first-order valence-corrected chi connectivity index (χ1v) is 10.8. The van der Waals surface area contributed by atoms with Crippen LogP contribution < -0.4 is 10.6 Å². The third-order valence-corrected chi connectivity index (χ3v) is 6.32. The quantitative estimate of drug-likeness (QED) is 0.532. The largest absolute Gasteiger partial charge is 0.454 e. The molecule has 1 aromatic carbocycles. The molecule has 1 aromatic rings. The topological polar surface area (TPSA) is 122 Å². The van der Waals surface area contributed by atoms with Gasteiger partial charge in [-0.15, -0.1) is 0 Å². The zero-order valence-corrected chi connectivity index (χ0v) is 18.2. The number of sulfonamides is 1. The van der Waals surface area contributed by atoms with Crippen molar-refractivity contribution in [1.82, 2.24) is 14.9 Å². The molecule has 1 atom stereocenters. The Bertz CT molecular complexity index is 834. The van der Waals surface area contributed by atoms with Crippen LogP contribution in [0, 0.1) is 5.92 Å². The molecule has 0 unspecified atom stereocenters. The van der Waals surface area contributed by atoms with Crippen LogP contribution in [-0.4, -0.2) is 63.3 Å². The number of ether oxygens (including phenoxy) is 1. The van der Waals surface area contributed by atoms with E-state index in [2.05, 4.69) is 10.6 Å². The van der Waals surface area contributed by atoms with Crippen LogP contribution in [0.3, 0.4) is 0 Å². The Hall–Kier alpha value is -2.46. The van der Waals surface area contributed by atoms with Crippen molar-refractivity contribution in [3.8, 4) is 0 Å². The fourth-order valence-electron chi connectivity index (χ4n) is 2.53. The number of rotatable bonds is 10. The first kappa shape index (κ1) is 24.6. The highest BCUT2D eigenvalue weighted by Gasteiger charge is 2.28. The maximum absolute atomic E-state index is 12.7. The number of carbonyl (C=O) groups is 3. The zero-order valence-electron chi connectivity index (χ0n) is 17.4. The van der Waals surface area contributed by atoms with Crippen molar-refractivity contribution in [3.05, 3.63) is 29.8 Å². The van der Waals surface area contributed by atoms with E-state index < -0.39 is 40.5 Å². The molecule has 0 radical (unpaired) electrons. The number of hydrogen-bond acceptors (Lipinski definition) is 6. The number of nitrogens with one attached hydrogen (secondary N) is 2. The summed E-state index contributed by atoms with van der Waals surface area (Å²) in [7, 11) is -2.31. The predicted octanol–water partition coefficient (Wildman–Crippen LogP) is 0.761. The van der Waals surface area contributed by atoms with Crippen molar-refractivity contribution >= 4 is 27.8 Å². The van der Waals surface area contributed by atoms with Crippen LogP contribution in [0.1, 0.15) is 38.1 Å².